The molecule has 1 aromatic carbocycles. The highest BCUT2D eigenvalue weighted by molar-refractivity contribution is 7.89. The number of nitrogens with one attached hydrogen (secondary N) is 2. The van der Waals surface area contributed by atoms with Crippen LogP contribution < -0.4 is 10.0 Å². The van der Waals surface area contributed by atoms with E-state index in [2.05, 4.69) is 10.0 Å². The van der Waals surface area contributed by atoms with Crippen molar-refractivity contribution in [3.8, 4) is 0 Å². The molecular weight excluding hydrogens is 212 g/mol. The van der Waals surface area contributed by atoms with Crippen LogP contribution in [0.5, 0.6) is 0 Å². The summed E-state index contributed by atoms with van der Waals surface area (Å²) in [5.41, 5.74) is 2.03. The smallest absolute Gasteiger partial charge is 0.240 e. The Hall–Kier alpha value is -0.910. The highest BCUT2D eigenvalue weighted by Crippen LogP contribution is 2.22. The maximum absolute atomic E-state index is 11.7. The van der Waals surface area contributed by atoms with Crippen LogP contribution in [0.4, 0.5) is 0 Å². The molecule has 15 heavy (non-hydrogen) atoms. The van der Waals surface area contributed by atoms with Crippen molar-refractivity contribution in [1.82, 2.24) is 10.0 Å². The average Bonchev–Trinajstić information content (AvgIpc) is 2.28. The zero-order valence-electron chi connectivity index (χ0n) is 8.58. The molecule has 82 valence electrons. The van der Waals surface area contributed by atoms with E-state index in [4.69, 9.17) is 0 Å². The molecule has 0 unspecified atom stereocenters. The molecule has 0 aliphatic carbocycles. The summed E-state index contributed by atoms with van der Waals surface area (Å²) in [5.74, 6) is 0. The van der Waals surface area contributed by atoms with Crippen molar-refractivity contribution in [3.63, 3.8) is 0 Å². The van der Waals surface area contributed by atoms with E-state index in [-0.39, 0.29) is 0 Å². The molecule has 1 aromatic rings. The van der Waals surface area contributed by atoms with Crippen LogP contribution >= 0.6 is 0 Å². The number of benzene rings is 1. The van der Waals surface area contributed by atoms with E-state index >= 15 is 0 Å². The number of fused-ring (bicyclic) bond motifs is 1. The van der Waals surface area contributed by atoms with Crippen molar-refractivity contribution in [3.05, 3.63) is 29.3 Å². The van der Waals surface area contributed by atoms with Crippen LogP contribution in [0.3, 0.4) is 0 Å². The minimum Gasteiger partial charge on any atom is -0.312 e. The Morgan fingerprint density at radius 1 is 1.40 bits per heavy atom. The third-order valence-corrected chi connectivity index (χ3v) is 4.16. The van der Waals surface area contributed by atoms with Gasteiger partial charge in [0.05, 0.1) is 4.90 Å². The molecule has 2 rings (SSSR count). The van der Waals surface area contributed by atoms with Crippen molar-refractivity contribution < 1.29 is 8.42 Å². The lowest BCUT2D eigenvalue weighted by Gasteiger charge is -2.19. The largest absolute Gasteiger partial charge is 0.312 e. The summed E-state index contributed by atoms with van der Waals surface area (Å²) in [6, 6.07) is 5.44. The molecule has 0 spiro atoms. The molecule has 4 nitrogen and oxygen atoms in total. The van der Waals surface area contributed by atoms with Crippen LogP contribution in [-0.2, 0) is 23.0 Å². The number of sulfonamides is 1. The first-order valence-corrected chi connectivity index (χ1v) is 6.38. The lowest BCUT2D eigenvalue weighted by Crippen LogP contribution is -2.28. The Labute approximate surface area is 89.7 Å². The molecule has 0 amide bonds. The highest BCUT2D eigenvalue weighted by atomic mass is 32.2. The van der Waals surface area contributed by atoms with E-state index in [1.54, 1.807) is 12.1 Å². The second-order valence-corrected chi connectivity index (χ2v) is 5.38. The van der Waals surface area contributed by atoms with E-state index < -0.39 is 10.0 Å². The lowest BCUT2D eigenvalue weighted by molar-refractivity contribution is 0.580. The third kappa shape index (κ3) is 1.90. The van der Waals surface area contributed by atoms with Gasteiger partial charge in [-0.05, 0) is 37.2 Å². The average molecular weight is 226 g/mol. The molecule has 0 saturated heterocycles. The Morgan fingerprint density at radius 3 is 2.93 bits per heavy atom. The van der Waals surface area contributed by atoms with Gasteiger partial charge in [0.15, 0.2) is 0 Å². The fourth-order valence-corrected chi connectivity index (χ4v) is 2.85. The van der Waals surface area contributed by atoms with Crippen LogP contribution in [0.1, 0.15) is 11.1 Å². The predicted octanol–water partition coefficient (Wildman–Crippen LogP) is 0.240. The Kier molecular flexibility index (Phi) is 2.77. The summed E-state index contributed by atoms with van der Waals surface area (Å²) in [7, 11) is -1.89. The van der Waals surface area contributed by atoms with Crippen molar-refractivity contribution in [2.45, 2.75) is 17.9 Å². The zero-order chi connectivity index (χ0) is 10.9. The fraction of sp³-hybridized carbons (Fsp3) is 0.400. The monoisotopic (exact) mass is 226 g/mol. The van der Waals surface area contributed by atoms with Gasteiger partial charge < -0.3 is 5.32 Å². The zero-order valence-corrected chi connectivity index (χ0v) is 9.39. The summed E-state index contributed by atoms with van der Waals surface area (Å²) >= 11 is 0. The van der Waals surface area contributed by atoms with Crippen LogP contribution in [0.15, 0.2) is 23.1 Å². The predicted molar refractivity (Wildman–Crippen MR) is 58.1 cm³/mol. The second-order valence-electron chi connectivity index (χ2n) is 3.53. The molecule has 0 saturated carbocycles. The SMILES string of the molecule is CNS(=O)(=O)c1cccc2c1CNCC2. The van der Waals surface area contributed by atoms with Gasteiger partial charge in [-0.1, -0.05) is 12.1 Å². The van der Waals surface area contributed by atoms with E-state index in [0.29, 0.717) is 11.4 Å². The summed E-state index contributed by atoms with van der Waals surface area (Å²) in [6.07, 6.45) is 0.891. The topological polar surface area (TPSA) is 58.2 Å². The first-order chi connectivity index (χ1) is 7.15. The summed E-state index contributed by atoms with van der Waals surface area (Å²) in [6.45, 7) is 1.54. The number of rotatable bonds is 2. The molecular formula is C10H14N2O2S. The van der Waals surface area contributed by atoms with Crippen molar-refractivity contribution in [2.24, 2.45) is 0 Å². The Morgan fingerprint density at radius 2 is 2.20 bits per heavy atom. The van der Waals surface area contributed by atoms with Crippen LogP contribution in [0.25, 0.3) is 0 Å². The van der Waals surface area contributed by atoms with Crippen molar-refractivity contribution in [2.75, 3.05) is 13.6 Å². The summed E-state index contributed by atoms with van der Waals surface area (Å²) in [4.78, 5) is 0.398. The maximum Gasteiger partial charge on any atom is 0.240 e. The molecule has 0 aromatic heterocycles. The molecule has 0 radical (unpaired) electrons. The van der Waals surface area contributed by atoms with Gasteiger partial charge in [-0.2, -0.15) is 0 Å². The van der Waals surface area contributed by atoms with Crippen LogP contribution in [0.2, 0.25) is 0 Å². The third-order valence-electron chi connectivity index (χ3n) is 2.66. The Bertz CT molecular complexity index is 468. The minimum atomic E-state index is -3.33. The van der Waals surface area contributed by atoms with Gasteiger partial charge in [0.2, 0.25) is 10.0 Å². The molecule has 1 aliphatic heterocycles. The summed E-state index contributed by atoms with van der Waals surface area (Å²) < 4.78 is 25.8. The van der Waals surface area contributed by atoms with Gasteiger partial charge in [-0.25, -0.2) is 13.1 Å². The first kappa shape index (κ1) is 10.6. The molecule has 0 atom stereocenters. The fourth-order valence-electron chi connectivity index (χ4n) is 1.84. The normalized spacial score (nSPS) is 16.1. The first-order valence-electron chi connectivity index (χ1n) is 4.90. The van der Waals surface area contributed by atoms with Gasteiger partial charge in [0.1, 0.15) is 0 Å². The molecule has 0 fully saturated rings. The van der Waals surface area contributed by atoms with Crippen LogP contribution in [-0.4, -0.2) is 22.0 Å². The quantitative estimate of drug-likeness (QED) is 0.759. The van der Waals surface area contributed by atoms with E-state index in [0.717, 1.165) is 24.1 Å². The maximum atomic E-state index is 11.7. The van der Waals surface area contributed by atoms with Gasteiger partial charge in [0, 0.05) is 6.54 Å². The number of hydrogen-bond donors (Lipinski definition) is 2. The van der Waals surface area contributed by atoms with E-state index in [1.807, 2.05) is 6.07 Å². The molecule has 2 N–H and O–H groups in total. The minimum absolute atomic E-state index is 0.398. The lowest BCUT2D eigenvalue weighted by atomic mass is 10.0. The van der Waals surface area contributed by atoms with Gasteiger partial charge in [-0.3, -0.25) is 0 Å². The van der Waals surface area contributed by atoms with Crippen molar-refractivity contribution >= 4 is 10.0 Å². The number of hydrogen-bond acceptors (Lipinski definition) is 3. The second kappa shape index (κ2) is 3.92. The van der Waals surface area contributed by atoms with E-state index in [1.165, 1.54) is 7.05 Å². The molecule has 1 aliphatic rings. The van der Waals surface area contributed by atoms with Gasteiger partial charge >= 0.3 is 0 Å². The molecule has 0 bridgehead atoms. The molecule has 1 heterocycles. The van der Waals surface area contributed by atoms with E-state index in [9.17, 15) is 8.42 Å². The highest BCUT2D eigenvalue weighted by Gasteiger charge is 2.20. The van der Waals surface area contributed by atoms with Crippen LogP contribution in [0, 0.1) is 0 Å². The molecule has 5 heteroatoms. The van der Waals surface area contributed by atoms with Gasteiger partial charge in [0.25, 0.3) is 0 Å². The standard InChI is InChI=1S/C10H14N2O2S/c1-11-15(13,14)10-4-2-3-8-5-6-12-7-9(8)10/h2-4,11-12H,5-7H2,1H3. The van der Waals surface area contributed by atoms with Gasteiger partial charge in [-0.15, -0.1) is 0 Å². The summed E-state index contributed by atoms with van der Waals surface area (Å²) in [5, 5.41) is 3.19. The van der Waals surface area contributed by atoms with Crippen molar-refractivity contribution in [1.29, 1.82) is 0 Å². The Balaban J connectivity index is 2.58.